The fourth-order valence-corrected chi connectivity index (χ4v) is 3.48. The molecule has 0 saturated heterocycles. The van der Waals surface area contributed by atoms with Crippen molar-refractivity contribution in [2.45, 2.75) is 36.7 Å². The van der Waals surface area contributed by atoms with Gasteiger partial charge in [-0.15, -0.1) is 0 Å². The molecule has 0 unspecified atom stereocenters. The van der Waals surface area contributed by atoms with Crippen molar-refractivity contribution in [3.63, 3.8) is 0 Å². The van der Waals surface area contributed by atoms with Crippen molar-refractivity contribution in [1.82, 2.24) is 15.3 Å². The number of amides is 2. The third-order valence-corrected chi connectivity index (χ3v) is 4.79. The van der Waals surface area contributed by atoms with Crippen molar-refractivity contribution < 1.29 is 14.0 Å². The lowest BCUT2D eigenvalue weighted by molar-refractivity contribution is -0.116. The van der Waals surface area contributed by atoms with Crippen LogP contribution < -0.4 is 10.6 Å². The number of carbonyl (C=O) groups excluding carboxylic acids is 2. The zero-order valence-corrected chi connectivity index (χ0v) is 17.1. The van der Waals surface area contributed by atoms with Crippen LogP contribution in [-0.2, 0) is 4.79 Å². The Kier molecular flexibility index (Phi) is 7.02. The topological polar surface area (TPSA) is 97.1 Å². The monoisotopic (exact) mass is 410 g/mol. The van der Waals surface area contributed by atoms with E-state index < -0.39 is 0 Å². The van der Waals surface area contributed by atoms with Crippen LogP contribution in [0.2, 0.25) is 0 Å². The average molecular weight is 410 g/mol. The van der Waals surface area contributed by atoms with E-state index in [1.165, 1.54) is 18.0 Å². The number of carbonyl (C=O) groups is 2. The van der Waals surface area contributed by atoms with Gasteiger partial charge in [0.05, 0.1) is 6.26 Å². The lowest BCUT2D eigenvalue weighted by Gasteiger charge is -2.07. The molecule has 0 saturated carbocycles. The fraction of sp³-hybridized carbons (Fsp3) is 0.238. The Morgan fingerprint density at radius 1 is 1.07 bits per heavy atom. The first-order valence-corrected chi connectivity index (χ1v) is 10.0. The maximum Gasteiger partial charge on any atom is 0.286 e. The fourth-order valence-electron chi connectivity index (χ4n) is 2.62. The van der Waals surface area contributed by atoms with Crippen LogP contribution in [0.5, 0.6) is 0 Å². The van der Waals surface area contributed by atoms with Crippen molar-refractivity contribution in [3.8, 4) is 0 Å². The highest BCUT2D eigenvalue weighted by molar-refractivity contribution is 7.99. The highest BCUT2D eigenvalue weighted by Gasteiger charge is 2.08. The van der Waals surface area contributed by atoms with E-state index in [1.54, 1.807) is 12.1 Å². The van der Waals surface area contributed by atoms with Gasteiger partial charge in [0.1, 0.15) is 0 Å². The van der Waals surface area contributed by atoms with Crippen LogP contribution in [0, 0.1) is 13.8 Å². The summed E-state index contributed by atoms with van der Waals surface area (Å²) in [7, 11) is 0. The predicted molar refractivity (Wildman–Crippen MR) is 111 cm³/mol. The Hall–Kier alpha value is -3.13. The number of nitrogens with zero attached hydrogens (tertiary/aromatic N) is 2. The van der Waals surface area contributed by atoms with E-state index >= 15 is 0 Å². The van der Waals surface area contributed by atoms with Gasteiger partial charge in [0.2, 0.25) is 5.91 Å². The molecule has 0 aliphatic rings. The lowest BCUT2D eigenvalue weighted by Crippen LogP contribution is -2.25. The molecule has 1 aromatic carbocycles. The molecule has 150 valence electrons. The number of rotatable bonds is 8. The highest BCUT2D eigenvalue weighted by atomic mass is 32.2. The van der Waals surface area contributed by atoms with E-state index in [9.17, 15) is 9.59 Å². The lowest BCUT2D eigenvalue weighted by atomic mass is 10.2. The second-order valence-corrected chi connectivity index (χ2v) is 7.49. The maximum atomic E-state index is 12.1. The summed E-state index contributed by atoms with van der Waals surface area (Å²) >= 11 is 1.48. The minimum atomic E-state index is -0.281. The molecule has 2 N–H and O–H groups in total. The van der Waals surface area contributed by atoms with Crippen LogP contribution in [-0.4, -0.2) is 28.3 Å². The van der Waals surface area contributed by atoms with Gasteiger partial charge in [-0.25, -0.2) is 9.97 Å². The van der Waals surface area contributed by atoms with Gasteiger partial charge in [-0.3, -0.25) is 9.59 Å². The van der Waals surface area contributed by atoms with Crippen molar-refractivity contribution in [1.29, 1.82) is 0 Å². The van der Waals surface area contributed by atoms with Crippen molar-refractivity contribution >= 4 is 29.3 Å². The number of nitrogens with one attached hydrogen (secondary N) is 2. The van der Waals surface area contributed by atoms with Gasteiger partial charge in [-0.1, -0.05) is 0 Å². The van der Waals surface area contributed by atoms with E-state index in [0.29, 0.717) is 24.5 Å². The summed E-state index contributed by atoms with van der Waals surface area (Å²) in [4.78, 5) is 33.6. The summed E-state index contributed by atoms with van der Waals surface area (Å²) in [6.07, 6.45) is 2.29. The smallest absolute Gasteiger partial charge is 0.286 e. The van der Waals surface area contributed by atoms with Crippen LogP contribution in [0.25, 0.3) is 0 Å². The number of hydrogen-bond acceptors (Lipinski definition) is 6. The Bertz CT molecular complexity index is 952. The van der Waals surface area contributed by atoms with Gasteiger partial charge in [-0.2, -0.15) is 0 Å². The van der Waals surface area contributed by atoms with Crippen LogP contribution in [0.1, 0.15) is 34.8 Å². The summed E-state index contributed by atoms with van der Waals surface area (Å²) in [6.45, 7) is 4.29. The van der Waals surface area contributed by atoms with Gasteiger partial charge in [-0.05, 0) is 74.5 Å². The molecule has 0 aliphatic heterocycles. The molecule has 0 radical (unpaired) electrons. The Morgan fingerprint density at radius 2 is 1.79 bits per heavy atom. The molecule has 29 heavy (non-hydrogen) atoms. The average Bonchev–Trinajstić information content (AvgIpc) is 3.21. The molecule has 3 aromatic rings. The molecule has 7 nitrogen and oxygen atoms in total. The zero-order valence-electron chi connectivity index (χ0n) is 16.3. The first-order chi connectivity index (χ1) is 14.0. The molecule has 0 bridgehead atoms. The van der Waals surface area contributed by atoms with E-state index in [2.05, 4.69) is 20.6 Å². The van der Waals surface area contributed by atoms with Crippen LogP contribution >= 0.6 is 11.8 Å². The molecule has 0 spiro atoms. The minimum absolute atomic E-state index is 0.102. The Labute approximate surface area is 173 Å². The minimum Gasteiger partial charge on any atom is -0.459 e. The van der Waals surface area contributed by atoms with Gasteiger partial charge >= 0.3 is 0 Å². The number of furan rings is 1. The summed E-state index contributed by atoms with van der Waals surface area (Å²) in [6, 6.07) is 12.7. The van der Waals surface area contributed by atoms with Gasteiger partial charge in [0.15, 0.2) is 10.9 Å². The quantitative estimate of drug-likeness (QED) is 0.431. The maximum absolute atomic E-state index is 12.1. The number of aryl methyl sites for hydroxylation is 2. The summed E-state index contributed by atoms with van der Waals surface area (Å²) in [5.41, 5.74) is 2.59. The normalized spacial score (nSPS) is 10.6. The van der Waals surface area contributed by atoms with Gasteiger partial charge in [0.25, 0.3) is 5.91 Å². The third kappa shape index (κ3) is 6.46. The van der Waals surface area contributed by atoms with Crippen molar-refractivity contribution in [2.24, 2.45) is 0 Å². The number of hydrogen-bond donors (Lipinski definition) is 2. The second kappa shape index (κ2) is 9.88. The van der Waals surface area contributed by atoms with Crippen LogP contribution in [0.3, 0.4) is 0 Å². The molecular formula is C21H22N4O3S. The number of aromatic nitrogens is 2. The number of anilines is 1. The molecule has 2 aromatic heterocycles. The first-order valence-electron chi connectivity index (χ1n) is 9.21. The largest absolute Gasteiger partial charge is 0.459 e. The van der Waals surface area contributed by atoms with Gasteiger partial charge < -0.3 is 15.1 Å². The van der Waals surface area contributed by atoms with E-state index in [-0.39, 0.29) is 17.6 Å². The first kappa shape index (κ1) is 20.6. The summed E-state index contributed by atoms with van der Waals surface area (Å²) < 4.78 is 5.01. The SMILES string of the molecule is Cc1cc(C)nc(Sc2ccc(NC(=O)CCCNC(=O)c3ccco3)cc2)n1. The third-order valence-electron chi connectivity index (χ3n) is 3.92. The van der Waals surface area contributed by atoms with E-state index in [4.69, 9.17) is 4.42 Å². The van der Waals surface area contributed by atoms with Crippen molar-refractivity contribution in [3.05, 3.63) is 65.9 Å². The standard InChI is InChI=1S/C21H22N4O3S/c1-14-13-15(2)24-21(23-14)29-17-9-7-16(8-10-17)25-19(26)6-3-11-22-20(27)18-5-4-12-28-18/h4-5,7-10,12-13H,3,6,11H2,1-2H3,(H,22,27)(H,25,26). The van der Waals surface area contributed by atoms with Gasteiger partial charge in [0, 0.05) is 34.9 Å². The Balaban J connectivity index is 1.42. The van der Waals surface area contributed by atoms with E-state index in [1.807, 2.05) is 44.2 Å². The van der Waals surface area contributed by atoms with Crippen molar-refractivity contribution in [2.75, 3.05) is 11.9 Å². The van der Waals surface area contributed by atoms with E-state index in [0.717, 1.165) is 22.0 Å². The molecule has 2 amide bonds. The number of benzene rings is 1. The highest BCUT2D eigenvalue weighted by Crippen LogP contribution is 2.26. The molecule has 2 heterocycles. The molecule has 0 atom stereocenters. The summed E-state index contributed by atoms with van der Waals surface area (Å²) in [5, 5.41) is 6.28. The Morgan fingerprint density at radius 3 is 2.45 bits per heavy atom. The molecular weight excluding hydrogens is 388 g/mol. The predicted octanol–water partition coefficient (Wildman–Crippen LogP) is 3.99. The molecule has 0 aliphatic carbocycles. The summed E-state index contributed by atoms with van der Waals surface area (Å²) in [5.74, 6) is -0.120. The molecule has 0 fully saturated rings. The second-order valence-electron chi connectivity index (χ2n) is 6.44. The molecule has 8 heteroatoms. The molecule has 3 rings (SSSR count). The van der Waals surface area contributed by atoms with Crippen LogP contribution in [0.15, 0.2) is 63.2 Å². The van der Waals surface area contributed by atoms with Crippen LogP contribution in [0.4, 0.5) is 5.69 Å². The zero-order chi connectivity index (χ0) is 20.6.